The molecular formula is C31H23ClF4N2O5S. The molecule has 44 heavy (non-hydrogen) atoms. The van der Waals surface area contributed by atoms with Gasteiger partial charge in [0.2, 0.25) is 0 Å². The van der Waals surface area contributed by atoms with Gasteiger partial charge < -0.3 is 14.2 Å². The average molecular weight is 647 g/mol. The minimum Gasteiger partial charge on any atom is -0.493 e. The van der Waals surface area contributed by atoms with Crippen LogP contribution in [0.15, 0.2) is 87.8 Å². The zero-order valence-corrected chi connectivity index (χ0v) is 24.7. The van der Waals surface area contributed by atoms with E-state index in [2.05, 4.69) is 4.99 Å². The number of para-hydroxylation sites is 1. The molecule has 0 N–H and O–H groups in total. The van der Waals surface area contributed by atoms with E-state index >= 15 is 0 Å². The van der Waals surface area contributed by atoms with E-state index in [1.165, 1.54) is 50.4 Å². The monoisotopic (exact) mass is 646 g/mol. The van der Waals surface area contributed by atoms with Gasteiger partial charge in [-0.2, -0.15) is 13.2 Å². The topological polar surface area (TPSA) is 79.1 Å². The fourth-order valence-electron chi connectivity index (χ4n) is 4.67. The van der Waals surface area contributed by atoms with Crippen LogP contribution in [0.3, 0.4) is 0 Å². The maximum absolute atomic E-state index is 14.4. The molecule has 0 saturated carbocycles. The van der Waals surface area contributed by atoms with Crippen molar-refractivity contribution in [1.29, 1.82) is 0 Å². The van der Waals surface area contributed by atoms with Gasteiger partial charge in [0.15, 0.2) is 22.0 Å². The Kier molecular flexibility index (Phi) is 8.93. The number of carbonyl (C=O) groups is 1. The molecule has 1 aromatic heterocycles. The van der Waals surface area contributed by atoms with Crippen molar-refractivity contribution < 1.29 is 36.6 Å². The van der Waals surface area contributed by atoms with Crippen molar-refractivity contribution in [3.63, 3.8) is 0 Å². The van der Waals surface area contributed by atoms with Crippen LogP contribution in [-0.4, -0.2) is 30.4 Å². The number of esters is 1. The predicted molar refractivity (Wildman–Crippen MR) is 156 cm³/mol. The number of benzene rings is 3. The molecule has 228 valence electrons. The lowest BCUT2D eigenvalue weighted by Gasteiger charge is -2.26. The van der Waals surface area contributed by atoms with Crippen LogP contribution in [0.4, 0.5) is 17.6 Å². The third-order valence-electron chi connectivity index (χ3n) is 6.63. The third kappa shape index (κ3) is 6.13. The number of methoxy groups -OCH3 is 1. The molecule has 0 bridgehead atoms. The quantitative estimate of drug-likeness (QED) is 0.181. The van der Waals surface area contributed by atoms with Crippen molar-refractivity contribution in [3.8, 4) is 11.5 Å². The Bertz CT molecular complexity index is 1930. The van der Waals surface area contributed by atoms with Crippen molar-refractivity contribution in [1.82, 2.24) is 4.57 Å². The van der Waals surface area contributed by atoms with Crippen LogP contribution < -0.4 is 24.4 Å². The van der Waals surface area contributed by atoms with E-state index < -0.39 is 40.8 Å². The molecule has 2 heterocycles. The summed E-state index contributed by atoms with van der Waals surface area (Å²) in [6, 6.07) is 15.1. The highest BCUT2D eigenvalue weighted by atomic mass is 35.5. The number of ether oxygens (including phenoxy) is 3. The summed E-state index contributed by atoms with van der Waals surface area (Å²) in [5.41, 5.74) is -2.18. The second-order valence-electron chi connectivity index (χ2n) is 9.37. The minimum atomic E-state index is -5.04. The number of alkyl halides is 3. The van der Waals surface area contributed by atoms with E-state index in [1.54, 1.807) is 36.4 Å². The molecule has 5 rings (SSSR count). The Labute approximate surface area is 256 Å². The van der Waals surface area contributed by atoms with E-state index in [0.717, 1.165) is 4.57 Å². The predicted octanol–water partition coefficient (Wildman–Crippen LogP) is 5.72. The smallest absolute Gasteiger partial charge is 0.434 e. The first kappa shape index (κ1) is 31.0. The second kappa shape index (κ2) is 12.7. The molecule has 0 aliphatic carbocycles. The molecule has 0 unspecified atom stereocenters. The van der Waals surface area contributed by atoms with Crippen LogP contribution in [0.2, 0.25) is 5.02 Å². The van der Waals surface area contributed by atoms with Crippen molar-refractivity contribution >= 4 is 35.0 Å². The largest absolute Gasteiger partial charge is 0.493 e. The summed E-state index contributed by atoms with van der Waals surface area (Å²) in [7, 11) is 1.41. The summed E-state index contributed by atoms with van der Waals surface area (Å²) in [5.74, 6) is -1.26. The lowest BCUT2D eigenvalue weighted by molar-refractivity contribution is -0.140. The number of nitrogens with zero attached hydrogens (tertiary/aromatic N) is 2. The zero-order chi connectivity index (χ0) is 31.6. The highest BCUT2D eigenvalue weighted by Crippen LogP contribution is 2.39. The number of carbonyl (C=O) groups excluding carboxylic acids is 1. The van der Waals surface area contributed by atoms with E-state index in [9.17, 15) is 27.2 Å². The van der Waals surface area contributed by atoms with Crippen LogP contribution in [0.25, 0.3) is 6.08 Å². The molecule has 0 saturated heterocycles. The van der Waals surface area contributed by atoms with Gasteiger partial charge in [0.25, 0.3) is 5.56 Å². The third-order valence-corrected chi connectivity index (χ3v) is 7.86. The lowest BCUT2D eigenvalue weighted by atomic mass is 9.95. The zero-order valence-electron chi connectivity index (χ0n) is 23.2. The lowest BCUT2D eigenvalue weighted by Crippen LogP contribution is -2.41. The summed E-state index contributed by atoms with van der Waals surface area (Å²) in [6.45, 7) is 1.10. The Hall–Kier alpha value is -4.42. The molecule has 3 aromatic carbocycles. The van der Waals surface area contributed by atoms with E-state index in [-0.39, 0.29) is 45.2 Å². The van der Waals surface area contributed by atoms with Gasteiger partial charge in [-0.15, -0.1) is 0 Å². The van der Waals surface area contributed by atoms with Gasteiger partial charge in [0.05, 0.1) is 29.9 Å². The van der Waals surface area contributed by atoms with Gasteiger partial charge in [-0.05, 0) is 42.8 Å². The van der Waals surface area contributed by atoms with Crippen molar-refractivity contribution in [3.05, 3.63) is 125 Å². The number of halogens is 5. The first-order chi connectivity index (χ1) is 21.0. The van der Waals surface area contributed by atoms with Crippen molar-refractivity contribution in [2.45, 2.75) is 25.7 Å². The number of thiazole rings is 1. The van der Waals surface area contributed by atoms with Gasteiger partial charge >= 0.3 is 12.1 Å². The number of hydrogen-bond donors (Lipinski definition) is 0. The van der Waals surface area contributed by atoms with Crippen molar-refractivity contribution in [2.24, 2.45) is 4.99 Å². The van der Waals surface area contributed by atoms with Crippen LogP contribution in [-0.2, 0) is 16.1 Å². The highest BCUT2D eigenvalue weighted by molar-refractivity contribution is 7.07. The SMILES string of the molecule is CCOC(=O)C1=C(C(F)(F)F)N=c2s/c(=C\c3cccc(OC)c3OCc3ccccc3F)c(=O)n2[C@H]1c1ccc(Cl)cc1. The fraction of sp³-hybridized carbons (Fsp3) is 0.194. The van der Waals surface area contributed by atoms with Crippen LogP contribution in [0.1, 0.15) is 29.7 Å². The molecule has 0 fully saturated rings. The first-order valence-electron chi connectivity index (χ1n) is 13.1. The number of fused-ring (bicyclic) bond motifs is 1. The molecule has 1 aliphatic rings. The maximum Gasteiger partial charge on any atom is 0.434 e. The molecule has 13 heteroatoms. The fourth-order valence-corrected chi connectivity index (χ4v) is 5.79. The molecule has 0 radical (unpaired) electrons. The van der Waals surface area contributed by atoms with Gasteiger partial charge in [0.1, 0.15) is 12.4 Å². The Morgan fingerprint density at radius 1 is 1.09 bits per heavy atom. The normalized spacial score (nSPS) is 15.1. The van der Waals surface area contributed by atoms with Crippen LogP contribution >= 0.6 is 22.9 Å². The summed E-state index contributed by atoms with van der Waals surface area (Å²) in [6.07, 6.45) is -3.62. The molecule has 1 aliphatic heterocycles. The Morgan fingerprint density at radius 2 is 1.82 bits per heavy atom. The standard InChI is InChI=1S/C31H23ClF4N2O5S/c1-3-42-29(40)24-25(17-11-13-20(32)14-12-17)38-28(39)23(44-30(38)37-27(24)31(34,35)36)15-18-8-6-10-22(41-2)26(18)43-16-19-7-4-5-9-21(19)33/h4-15,25H,3,16H2,1-2H3/b23-15-/t25-/m0/s1. The van der Waals surface area contributed by atoms with E-state index in [1.807, 2.05) is 0 Å². The molecular weight excluding hydrogens is 624 g/mol. The first-order valence-corrected chi connectivity index (χ1v) is 14.3. The number of hydrogen-bond acceptors (Lipinski definition) is 7. The molecule has 1 atom stereocenters. The summed E-state index contributed by atoms with van der Waals surface area (Å²) >= 11 is 6.73. The second-order valence-corrected chi connectivity index (χ2v) is 10.8. The van der Waals surface area contributed by atoms with Crippen molar-refractivity contribution in [2.75, 3.05) is 13.7 Å². The summed E-state index contributed by atoms with van der Waals surface area (Å²) in [4.78, 5) is 30.4. The van der Waals surface area contributed by atoms with E-state index in [4.69, 9.17) is 25.8 Å². The molecule has 4 aromatic rings. The van der Waals surface area contributed by atoms with Crippen LogP contribution in [0, 0.1) is 5.82 Å². The maximum atomic E-state index is 14.4. The molecule has 0 amide bonds. The highest BCUT2D eigenvalue weighted by Gasteiger charge is 2.45. The molecule has 7 nitrogen and oxygen atoms in total. The van der Waals surface area contributed by atoms with Gasteiger partial charge in [-0.1, -0.05) is 65.4 Å². The number of rotatable bonds is 8. The Balaban J connectivity index is 1.71. The minimum absolute atomic E-state index is 0.00154. The number of aromatic nitrogens is 1. The van der Waals surface area contributed by atoms with Gasteiger partial charge in [0, 0.05) is 16.1 Å². The number of allylic oxidation sites excluding steroid dienone is 1. The summed E-state index contributed by atoms with van der Waals surface area (Å²) in [5, 5.41) is 0.305. The summed E-state index contributed by atoms with van der Waals surface area (Å²) < 4.78 is 74.7. The van der Waals surface area contributed by atoms with Crippen LogP contribution in [0.5, 0.6) is 11.5 Å². The van der Waals surface area contributed by atoms with E-state index in [0.29, 0.717) is 21.9 Å². The average Bonchev–Trinajstić information content (AvgIpc) is 3.30. The van der Waals surface area contributed by atoms with Gasteiger partial charge in [-0.25, -0.2) is 14.2 Å². The Morgan fingerprint density at radius 3 is 2.48 bits per heavy atom. The molecule has 0 spiro atoms. The van der Waals surface area contributed by atoms with Gasteiger partial charge in [-0.3, -0.25) is 9.36 Å².